The minimum atomic E-state index is -0.515. The van der Waals surface area contributed by atoms with E-state index in [-0.39, 0.29) is 12.5 Å². The van der Waals surface area contributed by atoms with Crippen molar-refractivity contribution in [3.8, 4) is 0 Å². The Kier molecular flexibility index (Phi) is 4.74. The Balaban J connectivity index is 4.25. The maximum Gasteiger partial charge on any atom is 0.323 e. The van der Waals surface area contributed by atoms with E-state index in [0.29, 0.717) is 0 Å². The fourth-order valence-electron chi connectivity index (χ4n) is 0.950. The highest BCUT2D eigenvalue weighted by atomic mass is 16.6. The van der Waals surface area contributed by atoms with Crippen molar-refractivity contribution in [2.75, 3.05) is 13.6 Å². The molecule has 0 bridgehead atoms. The first kappa shape index (κ1) is 13.9. The van der Waals surface area contributed by atoms with Gasteiger partial charge in [-0.05, 0) is 34.7 Å². The van der Waals surface area contributed by atoms with E-state index in [1.807, 2.05) is 0 Å². The van der Waals surface area contributed by atoms with E-state index in [0.717, 1.165) is 0 Å². The third-order valence-electron chi connectivity index (χ3n) is 1.81. The smallest absolute Gasteiger partial charge is 0.323 e. The average molecular weight is 216 g/mol. The summed E-state index contributed by atoms with van der Waals surface area (Å²) in [6, 6.07) is -0.475. The van der Waals surface area contributed by atoms with E-state index in [1.54, 1.807) is 39.6 Å². The molecule has 0 aliphatic rings. The number of nitrogens with two attached hydrogens (primary N) is 1. The van der Waals surface area contributed by atoms with Gasteiger partial charge in [0.15, 0.2) is 0 Å². The molecule has 0 aromatic rings. The van der Waals surface area contributed by atoms with Crippen molar-refractivity contribution in [2.24, 2.45) is 5.73 Å². The van der Waals surface area contributed by atoms with Crippen molar-refractivity contribution in [2.45, 2.75) is 39.3 Å². The van der Waals surface area contributed by atoms with Crippen molar-refractivity contribution in [3.05, 3.63) is 0 Å². The molecule has 15 heavy (non-hydrogen) atoms. The van der Waals surface area contributed by atoms with E-state index in [1.165, 1.54) is 0 Å². The first-order valence-electron chi connectivity index (χ1n) is 4.85. The number of amides is 1. The first-order valence-corrected chi connectivity index (χ1v) is 4.85. The van der Waals surface area contributed by atoms with E-state index in [4.69, 9.17) is 10.5 Å². The molecule has 0 aliphatic heterocycles. The van der Waals surface area contributed by atoms with E-state index in [9.17, 15) is 9.59 Å². The van der Waals surface area contributed by atoms with Gasteiger partial charge >= 0.3 is 5.97 Å². The molecule has 0 aromatic heterocycles. The molecule has 0 rings (SSSR count). The van der Waals surface area contributed by atoms with Crippen LogP contribution in [0, 0.1) is 0 Å². The predicted molar refractivity (Wildman–Crippen MR) is 57.1 cm³/mol. The van der Waals surface area contributed by atoms with Crippen molar-refractivity contribution in [3.63, 3.8) is 0 Å². The van der Waals surface area contributed by atoms with Gasteiger partial charge in [0.25, 0.3) is 0 Å². The standard InChI is InChI=1S/C10H20N2O3/c1-7(12(5)6-8(11)13)9(14)15-10(2,3)4/h7H,6H2,1-5H3,(H2,11,13). The van der Waals surface area contributed by atoms with Crippen molar-refractivity contribution in [1.29, 1.82) is 0 Å². The Morgan fingerprint density at radius 2 is 1.87 bits per heavy atom. The van der Waals surface area contributed by atoms with E-state index < -0.39 is 17.6 Å². The zero-order valence-corrected chi connectivity index (χ0v) is 10.0. The van der Waals surface area contributed by atoms with Crippen LogP contribution in [0.1, 0.15) is 27.7 Å². The molecule has 0 radical (unpaired) electrons. The van der Waals surface area contributed by atoms with Gasteiger partial charge in [0.05, 0.1) is 6.54 Å². The highest BCUT2D eigenvalue weighted by Gasteiger charge is 2.25. The molecule has 5 heteroatoms. The topological polar surface area (TPSA) is 72.6 Å². The summed E-state index contributed by atoms with van der Waals surface area (Å²) in [5.74, 6) is -0.820. The Morgan fingerprint density at radius 3 is 2.20 bits per heavy atom. The van der Waals surface area contributed by atoms with Crippen LogP contribution in [0.5, 0.6) is 0 Å². The lowest BCUT2D eigenvalue weighted by Crippen LogP contribution is -2.43. The molecular weight excluding hydrogens is 196 g/mol. The average Bonchev–Trinajstić information content (AvgIpc) is 1.98. The van der Waals surface area contributed by atoms with Crippen molar-refractivity contribution < 1.29 is 14.3 Å². The van der Waals surface area contributed by atoms with Gasteiger partial charge in [-0.1, -0.05) is 0 Å². The van der Waals surface area contributed by atoms with Gasteiger partial charge in [-0.25, -0.2) is 0 Å². The number of carbonyl (C=O) groups excluding carboxylic acids is 2. The first-order chi connectivity index (χ1) is 6.63. The number of ether oxygens (including phenoxy) is 1. The SMILES string of the molecule is CC(C(=O)OC(C)(C)C)N(C)CC(N)=O. The second-order valence-corrected chi connectivity index (χ2v) is 4.59. The number of rotatable bonds is 4. The van der Waals surface area contributed by atoms with Gasteiger partial charge in [-0.2, -0.15) is 0 Å². The van der Waals surface area contributed by atoms with Gasteiger partial charge < -0.3 is 10.5 Å². The van der Waals surface area contributed by atoms with Gasteiger partial charge in [0.2, 0.25) is 5.91 Å². The maximum atomic E-state index is 11.6. The summed E-state index contributed by atoms with van der Waals surface area (Å²) < 4.78 is 5.17. The highest BCUT2D eigenvalue weighted by molar-refractivity contribution is 5.79. The van der Waals surface area contributed by atoms with E-state index in [2.05, 4.69) is 0 Å². The molecule has 0 saturated carbocycles. The van der Waals surface area contributed by atoms with Gasteiger partial charge in [-0.3, -0.25) is 14.5 Å². The molecule has 0 aromatic carbocycles. The van der Waals surface area contributed by atoms with Crippen LogP contribution >= 0.6 is 0 Å². The van der Waals surface area contributed by atoms with Crippen LogP contribution < -0.4 is 5.73 Å². The predicted octanol–water partition coefficient (Wildman–Crippen LogP) is 0.134. The summed E-state index contributed by atoms with van der Waals surface area (Å²) in [4.78, 5) is 23.8. The maximum absolute atomic E-state index is 11.6. The van der Waals surface area contributed by atoms with Crippen LogP contribution in [0.15, 0.2) is 0 Å². The van der Waals surface area contributed by atoms with Crippen molar-refractivity contribution >= 4 is 11.9 Å². The summed E-state index contributed by atoms with van der Waals surface area (Å²) in [6.07, 6.45) is 0. The molecule has 5 nitrogen and oxygen atoms in total. The molecule has 0 fully saturated rings. The zero-order valence-electron chi connectivity index (χ0n) is 10.0. The minimum Gasteiger partial charge on any atom is -0.459 e. The van der Waals surface area contributed by atoms with E-state index >= 15 is 0 Å². The number of likely N-dealkylation sites (N-methyl/N-ethyl adjacent to an activating group) is 1. The molecule has 1 atom stereocenters. The lowest BCUT2D eigenvalue weighted by Gasteiger charge is -2.26. The fourth-order valence-corrected chi connectivity index (χ4v) is 0.950. The molecule has 0 heterocycles. The van der Waals surface area contributed by atoms with Crippen LogP contribution in [-0.4, -0.2) is 42.0 Å². The van der Waals surface area contributed by atoms with Gasteiger partial charge in [-0.15, -0.1) is 0 Å². The Hall–Kier alpha value is -1.10. The Morgan fingerprint density at radius 1 is 1.40 bits per heavy atom. The van der Waals surface area contributed by atoms with Crippen LogP contribution in [0.25, 0.3) is 0 Å². The quantitative estimate of drug-likeness (QED) is 0.678. The highest BCUT2D eigenvalue weighted by Crippen LogP contribution is 2.10. The number of hydrogen-bond acceptors (Lipinski definition) is 4. The molecule has 88 valence electrons. The van der Waals surface area contributed by atoms with Crippen LogP contribution in [0.4, 0.5) is 0 Å². The third-order valence-corrected chi connectivity index (χ3v) is 1.81. The zero-order chi connectivity index (χ0) is 12.2. The minimum absolute atomic E-state index is 0.0421. The second-order valence-electron chi connectivity index (χ2n) is 4.59. The number of carbonyl (C=O) groups is 2. The normalized spacial score (nSPS) is 13.7. The summed E-state index contributed by atoms with van der Waals surface area (Å²) in [5.41, 5.74) is 4.51. The summed E-state index contributed by atoms with van der Waals surface area (Å²) in [5, 5.41) is 0. The molecule has 2 N–H and O–H groups in total. The number of nitrogens with zero attached hydrogens (tertiary/aromatic N) is 1. The van der Waals surface area contributed by atoms with Crippen molar-refractivity contribution in [1.82, 2.24) is 4.90 Å². The fraction of sp³-hybridized carbons (Fsp3) is 0.800. The van der Waals surface area contributed by atoms with Gasteiger partial charge in [0.1, 0.15) is 11.6 Å². The Bertz CT molecular complexity index is 246. The molecule has 1 amide bonds. The van der Waals surface area contributed by atoms with Crippen LogP contribution in [0.2, 0.25) is 0 Å². The molecule has 0 saturated heterocycles. The second kappa shape index (κ2) is 5.11. The Labute approximate surface area is 90.6 Å². The molecule has 0 aliphatic carbocycles. The molecule has 1 unspecified atom stereocenters. The van der Waals surface area contributed by atoms with Crippen LogP contribution in [0.3, 0.4) is 0 Å². The molecule has 0 spiro atoms. The number of esters is 1. The summed E-state index contributed by atoms with van der Waals surface area (Å²) in [6.45, 7) is 7.11. The molecular formula is C10H20N2O3. The van der Waals surface area contributed by atoms with Crippen LogP contribution in [-0.2, 0) is 14.3 Å². The lowest BCUT2D eigenvalue weighted by atomic mass is 10.2. The lowest BCUT2D eigenvalue weighted by molar-refractivity contribution is -0.160. The monoisotopic (exact) mass is 216 g/mol. The summed E-state index contributed by atoms with van der Waals surface area (Å²) in [7, 11) is 1.65. The number of primary amides is 1. The van der Waals surface area contributed by atoms with Gasteiger partial charge in [0, 0.05) is 0 Å². The largest absolute Gasteiger partial charge is 0.459 e. The summed E-state index contributed by atoms with van der Waals surface area (Å²) >= 11 is 0. The third kappa shape index (κ3) is 6.06. The number of hydrogen-bond donors (Lipinski definition) is 1.